The molecule has 1 aliphatic carbocycles. The number of nitrogens with zero attached hydrogens (tertiary/aromatic N) is 2. The first kappa shape index (κ1) is 35.4. The van der Waals surface area contributed by atoms with Gasteiger partial charge in [0.2, 0.25) is 0 Å². The lowest BCUT2D eigenvalue weighted by atomic mass is 9.67. The summed E-state index contributed by atoms with van der Waals surface area (Å²) in [5.74, 6) is 0.705. The van der Waals surface area contributed by atoms with Crippen molar-refractivity contribution < 1.29 is 0 Å². The SMILES string of the molecule is Nc1ccc(-c2ccc(-c3cccc4c3-c3ccc(-c5cc(-c6ccccc6)nc(-c6ccccc6)n5)cc3C43c4ccccc4Sc4ccccc43)c3ccccc23)cc1. The summed E-state index contributed by atoms with van der Waals surface area (Å²) in [5.41, 5.74) is 23.6. The molecule has 4 heteroatoms. The van der Waals surface area contributed by atoms with Crippen LogP contribution in [0.1, 0.15) is 22.3 Å². The van der Waals surface area contributed by atoms with Gasteiger partial charge in [0.15, 0.2) is 5.82 Å². The van der Waals surface area contributed by atoms with Gasteiger partial charge in [-0.25, -0.2) is 9.97 Å². The topological polar surface area (TPSA) is 51.8 Å². The monoisotopic (exact) mass is 795 g/mol. The average molecular weight is 796 g/mol. The van der Waals surface area contributed by atoms with E-state index in [0.717, 1.165) is 39.3 Å². The van der Waals surface area contributed by atoms with Crippen molar-refractivity contribution in [1.82, 2.24) is 9.97 Å². The number of benzene rings is 9. The molecule has 1 spiro atoms. The van der Waals surface area contributed by atoms with Gasteiger partial charge in [-0.2, -0.15) is 0 Å². The van der Waals surface area contributed by atoms with Crippen LogP contribution in [0.2, 0.25) is 0 Å². The Morgan fingerprint density at radius 1 is 0.361 bits per heavy atom. The van der Waals surface area contributed by atoms with Gasteiger partial charge in [-0.3, -0.25) is 0 Å². The first-order chi connectivity index (χ1) is 30.1. The van der Waals surface area contributed by atoms with Gasteiger partial charge in [-0.05, 0) is 103 Å². The van der Waals surface area contributed by atoms with E-state index in [9.17, 15) is 0 Å². The molecule has 1 aliphatic heterocycles. The predicted molar refractivity (Wildman–Crippen MR) is 253 cm³/mol. The minimum absolute atomic E-state index is 0.577. The van der Waals surface area contributed by atoms with Crippen molar-refractivity contribution in [3.8, 4) is 67.3 Å². The lowest BCUT2D eigenvalue weighted by Gasteiger charge is -2.39. The zero-order valence-corrected chi connectivity index (χ0v) is 33.9. The van der Waals surface area contributed by atoms with Crippen LogP contribution >= 0.6 is 11.8 Å². The van der Waals surface area contributed by atoms with Crippen LogP contribution in [0.4, 0.5) is 5.69 Å². The summed E-state index contributed by atoms with van der Waals surface area (Å²) in [6.07, 6.45) is 0. The van der Waals surface area contributed by atoms with Gasteiger partial charge < -0.3 is 5.73 Å². The minimum atomic E-state index is -0.577. The summed E-state index contributed by atoms with van der Waals surface area (Å²) in [6, 6.07) is 76.5. The summed E-state index contributed by atoms with van der Waals surface area (Å²) in [5, 5.41) is 2.43. The van der Waals surface area contributed by atoms with Gasteiger partial charge in [-0.15, -0.1) is 0 Å². The number of hydrogen-bond acceptors (Lipinski definition) is 4. The highest BCUT2D eigenvalue weighted by Crippen LogP contribution is 2.64. The molecule has 61 heavy (non-hydrogen) atoms. The summed E-state index contributed by atoms with van der Waals surface area (Å²) < 4.78 is 0. The molecule has 0 saturated heterocycles. The first-order valence-electron chi connectivity index (χ1n) is 20.7. The van der Waals surface area contributed by atoms with Gasteiger partial charge in [0.1, 0.15) is 0 Å². The molecule has 0 unspecified atom stereocenters. The Morgan fingerprint density at radius 2 is 0.902 bits per heavy atom. The Hall–Kier alpha value is -7.53. The average Bonchev–Trinajstić information content (AvgIpc) is 3.62. The molecular formula is C57H37N3S. The van der Waals surface area contributed by atoms with Crippen LogP contribution in [-0.4, -0.2) is 9.97 Å². The van der Waals surface area contributed by atoms with E-state index in [4.69, 9.17) is 15.7 Å². The third-order valence-electron chi connectivity index (χ3n) is 12.5. The molecule has 0 saturated carbocycles. The predicted octanol–water partition coefficient (Wildman–Crippen LogP) is 14.4. The fourth-order valence-electron chi connectivity index (χ4n) is 9.85. The molecule has 2 aliphatic rings. The van der Waals surface area contributed by atoms with E-state index in [1.807, 2.05) is 48.2 Å². The highest BCUT2D eigenvalue weighted by atomic mass is 32.2. The molecule has 0 radical (unpaired) electrons. The Labute approximate surface area is 359 Å². The lowest BCUT2D eigenvalue weighted by molar-refractivity contribution is 0.722. The Kier molecular flexibility index (Phi) is 8.16. The number of rotatable bonds is 5. The van der Waals surface area contributed by atoms with Crippen molar-refractivity contribution in [2.24, 2.45) is 0 Å². The second-order valence-electron chi connectivity index (χ2n) is 15.9. The molecule has 0 atom stereocenters. The zero-order valence-electron chi connectivity index (χ0n) is 33.1. The number of aromatic nitrogens is 2. The maximum atomic E-state index is 6.12. The van der Waals surface area contributed by atoms with Gasteiger partial charge in [0, 0.05) is 32.2 Å². The molecule has 3 nitrogen and oxygen atoms in total. The zero-order chi connectivity index (χ0) is 40.5. The van der Waals surface area contributed by atoms with Gasteiger partial charge in [0.25, 0.3) is 0 Å². The van der Waals surface area contributed by atoms with Gasteiger partial charge >= 0.3 is 0 Å². The van der Waals surface area contributed by atoms with Crippen LogP contribution in [0.3, 0.4) is 0 Å². The summed E-state index contributed by atoms with van der Waals surface area (Å²) >= 11 is 1.87. The normalized spacial score (nSPS) is 13.0. The maximum Gasteiger partial charge on any atom is 0.160 e. The standard InChI is InChI=1S/C57H37N3S/c58-40-29-26-36(27-30-40)41-32-33-44(43-19-8-7-18-42(41)43)45-20-13-23-49-55(45)46-31-28-39(34-50(46)57(49)47-21-9-11-24-53(47)61-54-25-12-10-22-48(54)57)52-35-51(37-14-3-1-4-15-37)59-56(60-52)38-16-5-2-6-17-38/h1-35H,58H2. The van der Waals surface area contributed by atoms with Crippen LogP contribution in [-0.2, 0) is 5.41 Å². The highest BCUT2D eigenvalue weighted by Gasteiger charge is 2.51. The van der Waals surface area contributed by atoms with Gasteiger partial charge in [-0.1, -0.05) is 188 Å². The van der Waals surface area contributed by atoms with Crippen molar-refractivity contribution in [1.29, 1.82) is 0 Å². The molecule has 10 aromatic rings. The van der Waals surface area contributed by atoms with E-state index in [1.165, 1.54) is 70.6 Å². The molecule has 0 amide bonds. The minimum Gasteiger partial charge on any atom is -0.399 e. The number of hydrogen-bond donors (Lipinski definition) is 1. The quantitative estimate of drug-likeness (QED) is 0.176. The van der Waals surface area contributed by atoms with E-state index < -0.39 is 5.41 Å². The van der Waals surface area contributed by atoms with E-state index in [2.05, 4.69) is 176 Å². The Morgan fingerprint density at radius 3 is 1.61 bits per heavy atom. The van der Waals surface area contributed by atoms with E-state index in [1.54, 1.807) is 0 Å². The lowest BCUT2D eigenvalue weighted by Crippen LogP contribution is -2.32. The van der Waals surface area contributed by atoms with Crippen LogP contribution in [0.5, 0.6) is 0 Å². The van der Waals surface area contributed by atoms with Crippen LogP contribution in [0, 0.1) is 0 Å². The molecule has 12 rings (SSSR count). The Balaban J connectivity index is 1.14. The molecule has 1 aromatic heterocycles. The fourth-order valence-corrected chi connectivity index (χ4v) is 11.0. The molecular weight excluding hydrogens is 759 g/mol. The van der Waals surface area contributed by atoms with Crippen molar-refractivity contribution >= 4 is 28.2 Å². The van der Waals surface area contributed by atoms with E-state index in [-0.39, 0.29) is 0 Å². The third kappa shape index (κ3) is 5.53. The summed E-state index contributed by atoms with van der Waals surface area (Å²) in [7, 11) is 0. The maximum absolute atomic E-state index is 6.12. The van der Waals surface area contributed by atoms with Crippen molar-refractivity contribution in [3.05, 3.63) is 235 Å². The number of anilines is 1. The molecule has 2 heterocycles. The largest absolute Gasteiger partial charge is 0.399 e. The Bertz CT molecular complexity index is 3240. The molecule has 0 fully saturated rings. The smallest absolute Gasteiger partial charge is 0.160 e. The second-order valence-corrected chi connectivity index (χ2v) is 16.9. The summed E-state index contributed by atoms with van der Waals surface area (Å²) in [6.45, 7) is 0. The number of nitrogens with two attached hydrogens (primary N) is 1. The van der Waals surface area contributed by atoms with Crippen LogP contribution in [0.25, 0.3) is 78.1 Å². The third-order valence-corrected chi connectivity index (χ3v) is 13.7. The number of nitrogen functional groups attached to an aromatic ring is 1. The molecule has 0 bridgehead atoms. The van der Waals surface area contributed by atoms with Crippen molar-refractivity contribution in [2.45, 2.75) is 15.2 Å². The van der Waals surface area contributed by atoms with Crippen LogP contribution < -0.4 is 5.73 Å². The highest BCUT2D eigenvalue weighted by molar-refractivity contribution is 7.99. The molecule has 2 N–H and O–H groups in total. The van der Waals surface area contributed by atoms with E-state index in [0.29, 0.717) is 5.82 Å². The van der Waals surface area contributed by atoms with Crippen molar-refractivity contribution in [3.63, 3.8) is 0 Å². The van der Waals surface area contributed by atoms with Crippen molar-refractivity contribution in [2.75, 3.05) is 5.73 Å². The first-order valence-corrected chi connectivity index (χ1v) is 21.5. The van der Waals surface area contributed by atoms with Crippen LogP contribution in [0.15, 0.2) is 222 Å². The second kappa shape index (κ2) is 14.0. The molecule has 286 valence electrons. The fraction of sp³-hybridized carbons (Fsp3) is 0.0175. The molecule has 9 aromatic carbocycles. The summed E-state index contributed by atoms with van der Waals surface area (Å²) in [4.78, 5) is 13.0. The number of fused-ring (bicyclic) bond motifs is 10. The van der Waals surface area contributed by atoms with Gasteiger partial charge in [0.05, 0.1) is 16.8 Å². The van der Waals surface area contributed by atoms with E-state index >= 15 is 0 Å².